The number of rotatable bonds is 6. The number of hydrogen-bond acceptors (Lipinski definition) is 4. The standard InChI is InChI=1S/C16H17FN4O/c1-12-5-7-15(21-20-12)18-9-10-19-16(22)8-6-13-3-2-4-14(17)11-13/h2-8,11H,9-10H2,1H3,(H,18,21)(H,19,22)/b8-6-. The van der Waals surface area contributed by atoms with E-state index in [1.165, 1.54) is 18.2 Å². The molecule has 5 nitrogen and oxygen atoms in total. The summed E-state index contributed by atoms with van der Waals surface area (Å²) in [6.07, 6.45) is 2.94. The van der Waals surface area contributed by atoms with E-state index in [-0.39, 0.29) is 11.7 Å². The van der Waals surface area contributed by atoms with Crippen LogP contribution < -0.4 is 10.6 Å². The fourth-order valence-corrected chi connectivity index (χ4v) is 1.71. The predicted octanol–water partition coefficient (Wildman–Crippen LogP) is 2.17. The van der Waals surface area contributed by atoms with Crippen LogP contribution in [0.25, 0.3) is 6.08 Å². The Morgan fingerprint density at radius 3 is 2.82 bits per heavy atom. The number of anilines is 1. The molecule has 0 unspecified atom stereocenters. The number of nitrogens with zero attached hydrogens (tertiary/aromatic N) is 2. The quantitative estimate of drug-likeness (QED) is 0.634. The first-order valence-corrected chi connectivity index (χ1v) is 6.89. The molecule has 6 heteroatoms. The minimum Gasteiger partial charge on any atom is -0.367 e. The Morgan fingerprint density at radius 2 is 2.09 bits per heavy atom. The Hall–Kier alpha value is -2.76. The maximum Gasteiger partial charge on any atom is 0.244 e. The van der Waals surface area contributed by atoms with Gasteiger partial charge in [0.15, 0.2) is 0 Å². The molecule has 0 aliphatic heterocycles. The molecule has 0 saturated heterocycles. The van der Waals surface area contributed by atoms with E-state index in [1.807, 2.05) is 19.1 Å². The second kappa shape index (κ2) is 7.87. The molecule has 1 heterocycles. The van der Waals surface area contributed by atoms with Gasteiger partial charge in [-0.2, -0.15) is 5.10 Å². The number of benzene rings is 1. The summed E-state index contributed by atoms with van der Waals surface area (Å²) in [6.45, 7) is 2.85. The summed E-state index contributed by atoms with van der Waals surface area (Å²) in [5.74, 6) is 0.0992. The van der Waals surface area contributed by atoms with Crippen LogP contribution in [-0.2, 0) is 4.79 Å². The van der Waals surface area contributed by atoms with E-state index in [1.54, 1.807) is 18.2 Å². The molecule has 1 amide bonds. The minimum absolute atomic E-state index is 0.235. The average molecular weight is 300 g/mol. The summed E-state index contributed by atoms with van der Waals surface area (Å²) in [5.41, 5.74) is 1.49. The Morgan fingerprint density at radius 1 is 1.23 bits per heavy atom. The zero-order chi connectivity index (χ0) is 15.8. The van der Waals surface area contributed by atoms with E-state index in [9.17, 15) is 9.18 Å². The first kappa shape index (κ1) is 15.6. The van der Waals surface area contributed by atoms with Gasteiger partial charge in [0.25, 0.3) is 0 Å². The first-order valence-electron chi connectivity index (χ1n) is 6.89. The van der Waals surface area contributed by atoms with Crippen LogP contribution in [0, 0.1) is 12.7 Å². The van der Waals surface area contributed by atoms with E-state index in [0.29, 0.717) is 24.5 Å². The van der Waals surface area contributed by atoms with Crippen molar-refractivity contribution in [3.8, 4) is 0 Å². The summed E-state index contributed by atoms with van der Waals surface area (Å²) < 4.78 is 13.0. The monoisotopic (exact) mass is 300 g/mol. The molecule has 0 aliphatic carbocycles. The van der Waals surface area contributed by atoms with Crippen molar-refractivity contribution >= 4 is 17.8 Å². The number of nitrogens with one attached hydrogen (secondary N) is 2. The predicted molar refractivity (Wildman–Crippen MR) is 83.7 cm³/mol. The topological polar surface area (TPSA) is 66.9 Å². The highest BCUT2D eigenvalue weighted by Crippen LogP contribution is 2.05. The molecule has 0 radical (unpaired) electrons. The Labute approximate surface area is 128 Å². The SMILES string of the molecule is Cc1ccc(NCCNC(=O)/C=C\c2cccc(F)c2)nn1. The lowest BCUT2D eigenvalue weighted by atomic mass is 10.2. The van der Waals surface area contributed by atoms with E-state index in [0.717, 1.165) is 5.69 Å². The molecule has 0 aliphatic rings. The maximum absolute atomic E-state index is 13.0. The average Bonchev–Trinajstić information content (AvgIpc) is 2.51. The molecular weight excluding hydrogens is 283 g/mol. The summed E-state index contributed by atoms with van der Waals surface area (Å²) in [7, 11) is 0. The van der Waals surface area contributed by atoms with Gasteiger partial charge in [-0.05, 0) is 42.8 Å². The zero-order valence-electron chi connectivity index (χ0n) is 12.2. The number of carbonyl (C=O) groups is 1. The van der Waals surface area contributed by atoms with Crippen molar-refractivity contribution in [3.63, 3.8) is 0 Å². The minimum atomic E-state index is -0.328. The van der Waals surface area contributed by atoms with E-state index >= 15 is 0 Å². The van der Waals surface area contributed by atoms with Crippen LogP contribution in [-0.4, -0.2) is 29.2 Å². The Bertz CT molecular complexity index is 655. The van der Waals surface area contributed by atoms with Gasteiger partial charge in [-0.15, -0.1) is 5.10 Å². The van der Waals surface area contributed by atoms with Crippen LogP contribution in [0.5, 0.6) is 0 Å². The van der Waals surface area contributed by atoms with Gasteiger partial charge in [0.05, 0.1) is 5.69 Å². The highest BCUT2D eigenvalue weighted by molar-refractivity contribution is 5.91. The summed E-state index contributed by atoms with van der Waals surface area (Å²) in [6, 6.07) is 9.73. The molecular formula is C16H17FN4O. The van der Waals surface area contributed by atoms with Crippen LogP contribution in [0.1, 0.15) is 11.3 Å². The molecule has 2 N–H and O–H groups in total. The molecule has 0 bridgehead atoms. The summed E-state index contributed by atoms with van der Waals surface area (Å²) >= 11 is 0. The van der Waals surface area contributed by atoms with Crippen molar-refractivity contribution in [2.45, 2.75) is 6.92 Å². The van der Waals surface area contributed by atoms with Gasteiger partial charge in [-0.3, -0.25) is 4.79 Å². The lowest BCUT2D eigenvalue weighted by Gasteiger charge is -2.05. The van der Waals surface area contributed by atoms with E-state index in [4.69, 9.17) is 0 Å². The first-order chi connectivity index (χ1) is 10.6. The van der Waals surface area contributed by atoms with Crippen LogP contribution in [0.2, 0.25) is 0 Å². The molecule has 2 rings (SSSR count). The van der Waals surface area contributed by atoms with Gasteiger partial charge in [0, 0.05) is 19.2 Å². The second-order valence-corrected chi connectivity index (χ2v) is 4.67. The summed E-state index contributed by atoms with van der Waals surface area (Å²) in [4.78, 5) is 11.6. The fourth-order valence-electron chi connectivity index (χ4n) is 1.71. The second-order valence-electron chi connectivity index (χ2n) is 4.67. The molecule has 0 saturated carbocycles. The highest BCUT2D eigenvalue weighted by Gasteiger charge is 1.97. The lowest BCUT2D eigenvalue weighted by molar-refractivity contribution is -0.116. The summed E-state index contributed by atoms with van der Waals surface area (Å²) in [5, 5.41) is 13.6. The number of hydrogen-bond donors (Lipinski definition) is 2. The number of halogens is 1. The third kappa shape index (κ3) is 5.32. The molecule has 0 atom stereocenters. The molecule has 0 spiro atoms. The van der Waals surface area contributed by atoms with Crippen molar-refractivity contribution in [2.75, 3.05) is 18.4 Å². The molecule has 1 aromatic heterocycles. The third-order valence-corrected chi connectivity index (χ3v) is 2.80. The number of amides is 1. The molecule has 1 aromatic carbocycles. The van der Waals surface area contributed by atoms with Gasteiger partial charge >= 0.3 is 0 Å². The highest BCUT2D eigenvalue weighted by atomic mass is 19.1. The smallest absolute Gasteiger partial charge is 0.244 e. The van der Waals surface area contributed by atoms with Crippen molar-refractivity contribution < 1.29 is 9.18 Å². The van der Waals surface area contributed by atoms with Crippen molar-refractivity contribution in [3.05, 3.63) is 59.5 Å². The Kier molecular flexibility index (Phi) is 5.59. The van der Waals surface area contributed by atoms with Gasteiger partial charge in [0.1, 0.15) is 11.6 Å². The van der Waals surface area contributed by atoms with E-state index in [2.05, 4.69) is 20.8 Å². The third-order valence-electron chi connectivity index (χ3n) is 2.80. The van der Waals surface area contributed by atoms with Gasteiger partial charge in [-0.1, -0.05) is 12.1 Å². The molecule has 22 heavy (non-hydrogen) atoms. The van der Waals surface area contributed by atoms with Crippen LogP contribution in [0.15, 0.2) is 42.5 Å². The largest absolute Gasteiger partial charge is 0.367 e. The number of carbonyl (C=O) groups excluding carboxylic acids is 1. The van der Waals surface area contributed by atoms with Crippen molar-refractivity contribution in [2.24, 2.45) is 0 Å². The maximum atomic E-state index is 13.0. The van der Waals surface area contributed by atoms with Gasteiger partial charge < -0.3 is 10.6 Å². The van der Waals surface area contributed by atoms with Crippen molar-refractivity contribution in [1.82, 2.24) is 15.5 Å². The van der Waals surface area contributed by atoms with E-state index < -0.39 is 0 Å². The number of aryl methyl sites for hydroxylation is 1. The fraction of sp³-hybridized carbons (Fsp3) is 0.188. The Balaban J connectivity index is 1.70. The van der Waals surface area contributed by atoms with Crippen LogP contribution in [0.3, 0.4) is 0 Å². The molecule has 114 valence electrons. The zero-order valence-corrected chi connectivity index (χ0v) is 12.2. The van der Waals surface area contributed by atoms with Gasteiger partial charge in [-0.25, -0.2) is 4.39 Å². The van der Waals surface area contributed by atoms with Crippen LogP contribution >= 0.6 is 0 Å². The van der Waals surface area contributed by atoms with Crippen molar-refractivity contribution in [1.29, 1.82) is 0 Å². The number of aromatic nitrogens is 2. The molecule has 2 aromatic rings. The normalized spacial score (nSPS) is 10.6. The lowest BCUT2D eigenvalue weighted by Crippen LogP contribution is -2.27. The van der Waals surface area contributed by atoms with Crippen LogP contribution in [0.4, 0.5) is 10.2 Å². The van der Waals surface area contributed by atoms with Gasteiger partial charge in [0.2, 0.25) is 5.91 Å². The molecule has 0 fully saturated rings.